The molecule has 0 aromatic heterocycles. The molecule has 0 bridgehead atoms. The maximum absolute atomic E-state index is 10.2. The zero-order valence-corrected chi connectivity index (χ0v) is 9.56. The van der Waals surface area contributed by atoms with Crippen molar-refractivity contribution in [3.05, 3.63) is 0 Å². The van der Waals surface area contributed by atoms with Crippen LogP contribution in [0.4, 0.5) is 4.79 Å². The Morgan fingerprint density at radius 3 is 2.60 bits per heavy atom. The van der Waals surface area contributed by atoms with Crippen LogP contribution in [0.5, 0.6) is 0 Å². The van der Waals surface area contributed by atoms with Crippen LogP contribution in [0.15, 0.2) is 0 Å². The number of amides is 1. The molecule has 0 unspecified atom stereocenters. The lowest BCUT2D eigenvalue weighted by molar-refractivity contribution is 0.159. The normalized spacial score (nSPS) is 9.40. The molecule has 0 aromatic rings. The molecule has 1 amide bonds. The Hall–Kier alpha value is -1.08. The number of methoxy groups -OCH3 is 1. The summed E-state index contributed by atoms with van der Waals surface area (Å²) in [5.41, 5.74) is 4.77. The number of thiocarbonyl (C=S) groups is 1. The lowest BCUT2D eigenvalue weighted by atomic mass is 10.4. The lowest BCUT2D eigenvalue weighted by Crippen LogP contribution is -2.38. The first kappa shape index (κ1) is 13.9. The SMILES string of the molecule is COCCCNC(=S)NCCOC(N)=O. The Morgan fingerprint density at radius 1 is 1.33 bits per heavy atom. The predicted octanol–water partition coefficient (Wildman–Crippen LogP) is -0.418. The molecule has 4 N–H and O–H groups in total. The van der Waals surface area contributed by atoms with E-state index in [0.717, 1.165) is 13.0 Å². The first-order valence-corrected chi connectivity index (χ1v) is 5.00. The van der Waals surface area contributed by atoms with E-state index in [2.05, 4.69) is 15.4 Å². The number of hydrogen-bond donors (Lipinski definition) is 3. The Labute approximate surface area is 94.5 Å². The number of ether oxygens (including phenoxy) is 2. The number of nitrogens with two attached hydrogens (primary N) is 1. The first-order valence-electron chi connectivity index (χ1n) is 4.59. The van der Waals surface area contributed by atoms with Crippen molar-refractivity contribution in [1.29, 1.82) is 0 Å². The molecular formula is C8H17N3O3S. The largest absolute Gasteiger partial charge is 0.448 e. The van der Waals surface area contributed by atoms with E-state index in [9.17, 15) is 4.79 Å². The summed E-state index contributed by atoms with van der Waals surface area (Å²) in [5.74, 6) is 0. The van der Waals surface area contributed by atoms with Crippen LogP contribution >= 0.6 is 12.2 Å². The van der Waals surface area contributed by atoms with E-state index in [-0.39, 0.29) is 6.61 Å². The van der Waals surface area contributed by atoms with Gasteiger partial charge in [-0.2, -0.15) is 0 Å². The number of carbonyl (C=O) groups excluding carboxylic acids is 1. The number of primary amides is 1. The van der Waals surface area contributed by atoms with E-state index in [1.807, 2.05) is 0 Å². The Balaban J connectivity index is 3.22. The van der Waals surface area contributed by atoms with Crippen molar-refractivity contribution in [2.75, 3.05) is 33.4 Å². The van der Waals surface area contributed by atoms with E-state index in [1.165, 1.54) is 0 Å². The molecule has 6 nitrogen and oxygen atoms in total. The molecule has 15 heavy (non-hydrogen) atoms. The van der Waals surface area contributed by atoms with Crippen LogP contribution in [-0.4, -0.2) is 44.6 Å². The van der Waals surface area contributed by atoms with Crippen molar-refractivity contribution in [3.63, 3.8) is 0 Å². The number of hydrogen-bond acceptors (Lipinski definition) is 4. The molecule has 7 heteroatoms. The zero-order chi connectivity index (χ0) is 11.5. The van der Waals surface area contributed by atoms with Gasteiger partial charge in [-0.3, -0.25) is 0 Å². The fraction of sp³-hybridized carbons (Fsp3) is 0.750. The number of rotatable bonds is 7. The van der Waals surface area contributed by atoms with E-state index in [4.69, 9.17) is 22.7 Å². The van der Waals surface area contributed by atoms with Gasteiger partial charge in [0.1, 0.15) is 6.61 Å². The summed E-state index contributed by atoms with van der Waals surface area (Å²) in [6.45, 7) is 2.09. The van der Waals surface area contributed by atoms with E-state index < -0.39 is 6.09 Å². The van der Waals surface area contributed by atoms with Crippen LogP contribution in [0.3, 0.4) is 0 Å². The highest BCUT2D eigenvalue weighted by Crippen LogP contribution is 1.78. The topological polar surface area (TPSA) is 85.6 Å². The third-order valence-corrected chi connectivity index (χ3v) is 1.73. The highest BCUT2D eigenvalue weighted by atomic mass is 32.1. The summed E-state index contributed by atoms with van der Waals surface area (Å²) in [6, 6.07) is 0. The fourth-order valence-corrected chi connectivity index (χ4v) is 1.00. The van der Waals surface area contributed by atoms with Gasteiger partial charge in [0.05, 0.1) is 6.54 Å². The van der Waals surface area contributed by atoms with Gasteiger partial charge in [-0.15, -0.1) is 0 Å². The molecule has 0 atom stereocenters. The second kappa shape index (κ2) is 9.47. The molecule has 0 aliphatic carbocycles. The van der Waals surface area contributed by atoms with Gasteiger partial charge in [-0.05, 0) is 18.6 Å². The van der Waals surface area contributed by atoms with Crippen molar-refractivity contribution in [3.8, 4) is 0 Å². The minimum atomic E-state index is -0.782. The molecule has 0 aliphatic rings. The lowest BCUT2D eigenvalue weighted by Gasteiger charge is -2.09. The standard InChI is InChI=1S/C8H17N3O3S/c1-13-5-2-3-10-8(15)11-4-6-14-7(9)12/h2-6H2,1H3,(H2,9,12)(H2,10,11,15). The van der Waals surface area contributed by atoms with Crippen LogP contribution in [0, 0.1) is 0 Å². The monoisotopic (exact) mass is 235 g/mol. The van der Waals surface area contributed by atoms with E-state index in [1.54, 1.807) is 7.11 Å². The highest BCUT2D eigenvalue weighted by molar-refractivity contribution is 7.80. The van der Waals surface area contributed by atoms with Gasteiger partial charge in [0.15, 0.2) is 5.11 Å². The zero-order valence-electron chi connectivity index (χ0n) is 8.75. The van der Waals surface area contributed by atoms with E-state index >= 15 is 0 Å². The molecule has 88 valence electrons. The van der Waals surface area contributed by atoms with Gasteiger partial charge < -0.3 is 25.8 Å². The van der Waals surface area contributed by atoms with Crippen LogP contribution in [0.2, 0.25) is 0 Å². The predicted molar refractivity (Wildman–Crippen MR) is 60.6 cm³/mol. The molecular weight excluding hydrogens is 218 g/mol. The van der Waals surface area contributed by atoms with Crippen molar-refractivity contribution in [2.45, 2.75) is 6.42 Å². The van der Waals surface area contributed by atoms with Crippen LogP contribution < -0.4 is 16.4 Å². The second-order valence-electron chi connectivity index (χ2n) is 2.70. The molecule has 0 heterocycles. The van der Waals surface area contributed by atoms with Crippen molar-refractivity contribution in [2.24, 2.45) is 5.73 Å². The van der Waals surface area contributed by atoms with Gasteiger partial charge in [0, 0.05) is 20.3 Å². The first-order chi connectivity index (χ1) is 7.16. The average Bonchev–Trinajstić information content (AvgIpc) is 2.19. The summed E-state index contributed by atoms with van der Waals surface area (Å²) < 4.78 is 9.38. The molecule has 0 aliphatic heterocycles. The maximum atomic E-state index is 10.2. The van der Waals surface area contributed by atoms with Crippen molar-refractivity contribution >= 4 is 23.4 Å². The molecule has 0 saturated heterocycles. The fourth-order valence-electron chi connectivity index (χ4n) is 0.797. The van der Waals surface area contributed by atoms with Crippen LogP contribution in [0.25, 0.3) is 0 Å². The highest BCUT2D eigenvalue weighted by Gasteiger charge is 1.96. The van der Waals surface area contributed by atoms with Crippen LogP contribution in [0.1, 0.15) is 6.42 Å². The van der Waals surface area contributed by atoms with Crippen molar-refractivity contribution in [1.82, 2.24) is 10.6 Å². The van der Waals surface area contributed by atoms with Gasteiger partial charge >= 0.3 is 6.09 Å². The molecule has 0 spiro atoms. The molecule has 0 radical (unpaired) electrons. The van der Waals surface area contributed by atoms with Gasteiger partial charge in [-0.25, -0.2) is 4.79 Å². The Kier molecular flexibility index (Phi) is 8.79. The minimum absolute atomic E-state index is 0.204. The molecule has 0 saturated carbocycles. The summed E-state index contributed by atoms with van der Waals surface area (Å²) in [7, 11) is 1.65. The van der Waals surface area contributed by atoms with E-state index in [0.29, 0.717) is 18.3 Å². The quantitative estimate of drug-likeness (QED) is 0.410. The van der Waals surface area contributed by atoms with Gasteiger partial charge in [0.25, 0.3) is 0 Å². The van der Waals surface area contributed by atoms with Crippen molar-refractivity contribution < 1.29 is 14.3 Å². The minimum Gasteiger partial charge on any atom is -0.448 e. The Bertz CT molecular complexity index is 202. The summed E-state index contributed by atoms with van der Waals surface area (Å²) in [6.07, 6.45) is 0.103. The summed E-state index contributed by atoms with van der Waals surface area (Å²) >= 11 is 4.95. The Morgan fingerprint density at radius 2 is 2.00 bits per heavy atom. The van der Waals surface area contributed by atoms with Crippen LogP contribution in [-0.2, 0) is 9.47 Å². The second-order valence-corrected chi connectivity index (χ2v) is 3.10. The summed E-state index contributed by atoms with van der Waals surface area (Å²) in [4.78, 5) is 10.2. The summed E-state index contributed by atoms with van der Waals surface area (Å²) in [5, 5.41) is 6.36. The average molecular weight is 235 g/mol. The molecule has 0 fully saturated rings. The third-order valence-electron chi connectivity index (χ3n) is 1.44. The smallest absolute Gasteiger partial charge is 0.404 e. The van der Waals surface area contributed by atoms with Gasteiger partial charge in [-0.1, -0.05) is 0 Å². The number of carbonyl (C=O) groups is 1. The third kappa shape index (κ3) is 10.8. The number of nitrogens with one attached hydrogen (secondary N) is 2. The maximum Gasteiger partial charge on any atom is 0.404 e. The van der Waals surface area contributed by atoms with Gasteiger partial charge in [0.2, 0.25) is 0 Å². The molecule has 0 aromatic carbocycles. The molecule has 0 rings (SSSR count).